The molecule has 0 aliphatic heterocycles. The van der Waals surface area contributed by atoms with Gasteiger partial charge in [0.05, 0.1) is 0 Å². The van der Waals surface area contributed by atoms with E-state index in [2.05, 4.69) is 12.2 Å². The van der Waals surface area contributed by atoms with Crippen molar-refractivity contribution < 1.29 is 9.21 Å². The van der Waals surface area contributed by atoms with E-state index >= 15 is 0 Å². The Morgan fingerprint density at radius 2 is 1.70 bits per heavy atom. The van der Waals surface area contributed by atoms with Crippen LogP contribution in [0.15, 0.2) is 65.1 Å². The topological polar surface area (TPSA) is 55.1 Å². The van der Waals surface area contributed by atoms with Gasteiger partial charge in [0.1, 0.15) is 5.69 Å². The summed E-state index contributed by atoms with van der Waals surface area (Å²) < 4.78 is 6.08. The van der Waals surface area contributed by atoms with Crippen molar-refractivity contribution in [2.75, 3.05) is 0 Å². The first-order valence-electron chi connectivity index (χ1n) is 9.60. The van der Waals surface area contributed by atoms with E-state index in [1.165, 1.54) is 12.8 Å². The van der Waals surface area contributed by atoms with E-state index in [1.54, 1.807) is 0 Å². The minimum Gasteiger partial charge on any atom is -0.440 e. The molecule has 1 amide bonds. The lowest BCUT2D eigenvalue weighted by molar-refractivity contribution is -0.121. The molecule has 1 saturated carbocycles. The highest BCUT2D eigenvalue weighted by molar-refractivity contribution is 5.78. The quantitative estimate of drug-likeness (QED) is 0.655. The van der Waals surface area contributed by atoms with Crippen molar-refractivity contribution in [2.24, 2.45) is 5.92 Å². The van der Waals surface area contributed by atoms with E-state index in [0.29, 0.717) is 24.7 Å². The third kappa shape index (κ3) is 4.27. The van der Waals surface area contributed by atoms with E-state index in [9.17, 15) is 4.79 Å². The Kier molecular flexibility index (Phi) is 5.05. The minimum atomic E-state index is 0.0649. The molecule has 0 saturated heterocycles. The summed E-state index contributed by atoms with van der Waals surface area (Å²) in [6.45, 7) is 2.09. The molecular formula is C23H24N2O2. The van der Waals surface area contributed by atoms with E-state index in [1.807, 2.05) is 60.7 Å². The second-order valence-electron chi connectivity index (χ2n) is 7.21. The van der Waals surface area contributed by atoms with Crippen molar-refractivity contribution in [3.05, 3.63) is 66.6 Å². The number of hydrogen-bond acceptors (Lipinski definition) is 3. The van der Waals surface area contributed by atoms with Gasteiger partial charge >= 0.3 is 0 Å². The summed E-state index contributed by atoms with van der Waals surface area (Å²) >= 11 is 0. The number of rotatable bonds is 7. The number of aromatic nitrogens is 1. The summed E-state index contributed by atoms with van der Waals surface area (Å²) in [6.07, 6.45) is 3.33. The van der Waals surface area contributed by atoms with Gasteiger partial charge in [-0.15, -0.1) is 0 Å². The van der Waals surface area contributed by atoms with Gasteiger partial charge in [0.25, 0.3) is 0 Å². The van der Waals surface area contributed by atoms with E-state index < -0.39 is 0 Å². The van der Waals surface area contributed by atoms with Gasteiger partial charge in [-0.05, 0) is 25.7 Å². The first-order valence-corrected chi connectivity index (χ1v) is 9.60. The number of carbonyl (C=O) groups excluding carboxylic acids is 1. The maximum absolute atomic E-state index is 12.2. The monoisotopic (exact) mass is 360 g/mol. The summed E-state index contributed by atoms with van der Waals surface area (Å²) in [5.74, 6) is 2.07. The van der Waals surface area contributed by atoms with Gasteiger partial charge in [-0.1, -0.05) is 60.7 Å². The fraction of sp³-hybridized carbons (Fsp3) is 0.304. The lowest BCUT2D eigenvalue weighted by atomic mass is 10.1. The molecule has 1 aliphatic carbocycles. The average Bonchev–Trinajstić information content (AvgIpc) is 3.47. The summed E-state index contributed by atoms with van der Waals surface area (Å²) in [5, 5.41) is 3.09. The fourth-order valence-electron chi connectivity index (χ4n) is 3.31. The van der Waals surface area contributed by atoms with Gasteiger partial charge < -0.3 is 9.73 Å². The van der Waals surface area contributed by atoms with Crippen LogP contribution in [0.3, 0.4) is 0 Å². The Bertz CT molecular complexity index is 842. The van der Waals surface area contributed by atoms with Crippen LogP contribution in [0.5, 0.6) is 0 Å². The maximum atomic E-state index is 12.2. The van der Waals surface area contributed by atoms with Crippen LogP contribution in [0.4, 0.5) is 0 Å². The molecule has 1 N–H and O–H groups in total. The molecule has 4 nitrogen and oxygen atoms in total. The number of oxazole rings is 1. The second kappa shape index (κ2) is 7.78. The Hall–Kier alpha value is -2.88. The normalized spacial score (nSPS) is 14.7. The van der Waals surface area contributed by atoms with Crippen LogP contribution in [0.2, 0.25) is 0 Å². The third-order valence-corrected chi connectivity index (χ3v) is 5.04. The van der Waals surface area contributed by atoms with Crippen molar-refractivity contribution >= 4 is 5.91 Å². The van der Waals surface area contributed by atoms with E-state index in [4.69, 9.17) is 9.40 Å². The van der Waals surface area contributed by atoms with E-state index in [0.717, 1.165) is 22.6 Å². The van der Waals surface area contributed by atoms with Crippen LogP contribution >= 0.6 is 0 Å². The molecule has 1 atom stereocenters. The van der Waals surface area contributed by atoms with Crippen LogP contribution in [0, 0.1) is 5.92 Å². The predicted molar refractivity (Wildman–Crippen MR) is 106 cm³/mol. The molecule has 3 aromatic rings. The molecule has 4 rings (SSSR count). The summed E-state index contributed by atoms with van der Waals surface area (Å²) in [5.41, 5.74) is 2.82. The lowest BCUT2D eigenvalue weighted by Crippen LogP contribution is -2.34. The largest absolute Gasteiger partial charge is 0.440 e. The highest BCUT2D eigenvalue weighted by Gasteiger charge is 2.28. The van der Waals surface area contributed by atoms with Crippen molar-refractivity contribution in [1.29, 1.82) is 0 Å². The fourth-order valence-corrected chi connectivity index (χ4v) is 3.31. The molecule has 0 bridgehead atoms. The summed E-state index contributed by atoms with van der Waals surface area (Å²) in [4.78, 5) is 16.9. The zero-order valence-electron chi connectivity index (χ0n) is 15.5. The molecule has 1 aromatic heterocycles. The van der Waals surface area contributed by atoms with Gasteiger partial charge in [-0.25, -0.2) is 4.98 Å². The highest BCUT2D eigenvalue weighted by Crippen LogP contribution is 2.33. The molecule has 138 valence electrons. The molecule has 0 radical (unpaired) electrons. The zero-order chi connectivity index (χ0) is 18.6. The zero-order valence-corrected chi connectivity index (χ0v) is 15.5. The average molecular weight is 360 g/mol. The number of aryl methyl sites for hydroxylation is 1. The van der Waals surface area contributed by atoms with Gasteiger partial charge in [-0.3, -0.25) is 4.79 Å². The van der Waals surface area contributed by atoms with Crippen molar-refractivity contribution in [3.63, 3.8) is 0 Å². The lowest BCUT2D eigenvalue weighted by Gasteiger charge is -2.11. The standard InChI is InChI=1S/C23H24N2O2/c1-16(17-12-13-17)24-20(26)14-15-21-25-22(18-8-4-2-5-9-18)23(27-21)19-10-6-3-7-11-19/h2-11,16-17H,12-15H2,1H3,(H,24,26). The Morgan fingerprint density at radius 1 is 1.07 bits per heavy atom. The molecule has 1 unspecified atom stereocenters. The number of nitrogens with one attached hydrogen (secondary N) is 1. The molecule has 2 aromatic carbocycles. The number of carbonyl (C=O) groups is 1. The first-order chi connectivity index (χ1) is 13.2. The van der Waals surface area contributed by atoms with Gasteiger partial charge in [0, 0.05) is 30.0 Å². The van der Waals surface area contributed by atoms with Crippen molar-refractivity contribution in [2.45, 2.75) is 38.6 Å². The van der Waals surface area contributed by atoms with Crippen LogP contribution in [0.25, 0.3) is 22.6 Å². The molecule has 27 heavy (non-hydrogen) atoms. The van der Waals surface area contributed by atoms with Gasteiger partial charge in [-0.2, -0.15) is 0 Å². The van der Waals surface area contributed by atoms with Crippen LogP contribution in [0.1, 0.15) is 32.1 Å². The van der Waals surface area contributed by atoms with Crippen LogP contribution in [-0.4, -0.2) is 16.9 Å². The van der Waals surface area contributed by atoms with Gasteiger partial charge in [0.15, 0.2) is 11.7 Å². The molecular weight excluding hydrogens is 336 g/mol. The summed E-state index contributed by atoms with van der Waals surface area (Å²) in [6, 6.07) is 20.3. The Morgan fingerprint density at radius 3 is 2.33 bits per heavy atom. The summed E-state index contributed by atoms with van der Waals surface area (Å²) in [7, 11) is 0. The molecule has 0 spiro atoms. The highest BCUT2D eigenvalue weighted by atomic mass is 16.4. The number of amides is 1. The molecule has 1 heterocycles. The predicted octanol–water partition coefficient (Wildman–Crippen LogP) is 4.86. The second-order valence-corrected chi connectivity index (χ2v) is 7.21. The van der Waals surface area contributed by atoms with Crippen molar-refractivity contribution in [1.82, 2.24) is 10.3 Å². The van der Waals surface area contributed by atoms with Gasteiger partial charge in [0.2, 0.25) is 5.91 Å². The van der Waals surface area contributed by atoms with E-state index in [-0.39, 0.29) is 11.9 Å². The molecule has 1 aliphatic rings. The molecule has 4 heteroatoms. The maximum Gasteiger partial charge on any atom is 0.220 e. The first kappa shape index (κ1) is 17.5. The minimum absolute atomic E-state index is 0.0649. The number of hydrogen-bond donors (Lipinski definition) is 1. The van der Waals surface area contributed by atoms with Crippen molar-refractivity contribution in [3.8, 4) is 22.6 Å². The van der Waals surface area contributed by atoms with Crippen LogP contribution in [-0.2, 0) is 11.2 Å². The smallest absolute Gasteiger partial charge is 0.220 e. The number of nitrogens with zero attached hydrogens (tertiary/aromatic N) is 1. The third-order valence-electron chi connectivity index (χ3n) is 5.04. The molecule has 1 fully saturated rings. The Labute approximate surface area is 159 Å². The van der Waals surface area contributed by atoms with Crippen LogP contribution < -0.4 is 5.32 Å². The number of benzene rings is 2. The SMILES string of the molecule is CC(NC(=O)CCc1nc(-c2ccccc2)c(-c2ccccc2)o1)C1CC1. The Balaban J connectivity index is 1.53.